The van der Waals surface area contributed by atoms with Crippen LogP contribution in [0.15, 0.2) is 29.7 Å². The molecule has 114 valence electrons. The van der Waals surface area contributed by atoms with Gasteiger partial charge in [0.1, 0.15) is 5.54 Å². The smallest absolute Gasteiger partial charge is 0.325 e. The second-order valence-corrected chi connectivity index (χ2v) is 7.80. The third-order valence-electron chi connectivity index (χ3n) is 3.08. The van der Waals surface area contributed by atoms with Crippen LogP contribution in [0.3, 0.4) is 0 Å². The largest absolute Gasteiger partial charge is 0.480 e. The van der Waals surface area contributed by atoms with E-state index in [9.17, 15) is 18.3 Å². The molecular weight excluding hydrogens is 334 g/mol. The molecule has 2 N–H and O–H groups in total. The Labute approximate surface area is 132 Å². The van der Waals surface area contributed by atoms with Gasteiger partial charge >= 0.3 is 5.97 Å². The summed E-state index contributed by atoms with van der Waals surface area (Å²) in [5.74, 6) is -0.289. The summed E-state index contributed by atoms with van der Waals surface area (Å²) in [5.41, 5.74) is -0.747. The van der Waals surface area contributed by atoms with Crippen LogP contribution in [0.1, 0.15) is 12.0 Å². The molecule has 1 unspecified atom stereocenters. The number of hydrogen-bond donors (Lipinski definition) is 2. The molecule has 1 aliphatic heterocycles. The third-order valence-corrected chi connectivity index (χ3v) is 5.69. The average Bonchev–Trinajstić information content (AvgIpc) is 2.87. The minimum absolute atomic E-state index is 0.232. The number of carboxylic acids is 1. The fraction of sp³-hybridized carbons (Fsp3) is 0.308. The van der Waals surface area contributed by atoms with Gasteiger partial charge in [0, 0.05) is 16.2 Å². The first kappa shape index (κ1) is 16.4. The van der Waals surface area contributed by atoms with Gasteiger partial charge in [-0.05, 0) is 35.9 Å². The number of benzene rings is 1. The highest BCUT2D eigenvalue weighted by atomic mass is 35.5. The average molecular weight is 348 g/mol. The zero-order chi connectivity index (χ0) is 15.5. The van der Waals surface area contributed by atoms with Crippen molar-refractivity contribution < 1.29 is 18.3 Å². The Morgan fingerprint density at radius 1 is 1.38 bits per heavy atom. The molecule has 0 saturated carbocycles. The molecule has 0 aromatic heterocycles. The molecule has 0 radical (unpaired) electrons. The number of nitrogens with one attached hydrogen (secondary N) is 1. The van der Waals surface area contributed by atoms with Crippen molar-refractivity contribution in [3.05, 3.63) is 40.3 Å². The van der Waals surface area contributed by atoms with Gasteiger partial charge in [-0.2, -0.15) is 16.5 Å². The van der Waals surface area contributed by atoms with E-state index in [1.54, 1.807) is 24.3 Å². The maximum atomic E-state index is 12.0. The molecule has 5 nitrogen and oxygen atoms in total. The second kappa shape index (κ2) is 6.39. The van der Waals surface area contributed by atoms with E-state index in [-0.39, 0.29) is 12.2 Å². The van der Waals surface area contributed by atoms with Gasteiger partial charge in [-0.15, -0.1) is 0 Å². The van der Waals surface area contributed by atoms with E-state index < -0.39 is 21.5 Å². The summed E-state index contributed by atoms with van der Waals surface area (Å²) < 4.78 is 26.4. The van der Waals surface area contributed by atoms with Crippen LogP contribution in [0.25, 0.3) is 6.08 Å². The first-order valence-corrected chi connectivity index (χ1v) is 9.20. The highest BCUT2D eigenvalue weighted by Gasteiger charge is 2.44. The Kier molecular flexibility index (Phi) is 4.98. The molecule has 0 aliphatic carbocycles. The Hall–Kier alpha value is -1.02. The quantitative estimate of drug-likeness (QED) is 0.853. The van der Waals surface area contributed by atoms with Crippen molar-refractivity contribution >= 4 is 45.4 Å². The SMILES string of the molecule is O=C(O)C1(NS(=O)(=O)C=Cc2ccc(Cl)cc2)CCSC1. The van der Waals surface area contributed by atoms with Crippen molar-refractivity contribution in [1.82, 2.24) is 4.72 Å². The molecule has 1 fully saturated rings. The van der Waals surface area contributed by atoms with Crippen molar-refractivity contribution in [2.45, 2.75) is 12.0 Å². The van der Waals surface area contributed by atoms with Gasteiger partial charge in [-0.1, -0.05) is 23.7 Å². The Morgan fingerprint density at radius 2 is 2.05 bits per heavy atom. The maximum absolute atomic E-state index is 12.0. The van der Waals surface area contributed by atoms with Gasteiger partial charge in [-0.3, -0.25) is 4.79 Å². The Bertz CT molecular complexity index is 649. The number of thioether (sulfide) groups is 1. The van der Waals surface area contributed by atoms with Crippen LogP contribution in [0, 0.1) is 0 Å². The monoisotopic (exact) mass is 347 g/mol. The molecule has 2 rings (SSSR count). The van der Waals surface area contributed by atoms with Gasteiger partial charge in [0.2, 0.25) is 10.0 Å². The van der Waals surface area contributed by atoms with Crippen molar-refractivity contribution in [1.29, 1.82) is 0 Å². The van der Waals surface area contributed by atoms with Crippen LogP contribution in [0.4, 0.5) is 0 Å². The van der Waals surface area contributed by atoms with E-state index in [0.717, 1.165) is 5.41 Å². The predicted molar refractivity (Wildman–Crippen MR) is 84.9 cm³/mol. The highest BCUT2D eigenvalue weighted by molar-refractivity contribution is 7.99. The lowest BCUT2D eigenvalue weighted by atomic mass is 10.0. The number of sulfonamides is 1. The fourth-order valence-corrected chi connectivity index (χ4v) is 4.66. The highest BCUT2D eigenvalue weighted by Crippen LogP contribution is 2.29. The normalized spacial score (nSPS) is 22.7. The maximum Gasteiger partial charge on any atom is 0.325 e. The number of halogens is 1. The topological polar surface area (TPSA) is 83.5 Å². The molecule has 1 aromatic rings. The molecule has 1 aromatic carbocycles. The van der Waals surface area contributed by atoms with Crippen LogP contribution < -0.4 is 4.72 Å². The lowest BCUT2D eigenvalue weighted by Gasteiger charge is -2.23. The molecule has 1 heterocycles. The van der Waals surface area contributed by atoms with Gasteiger partial charge in [0.25, 0.3) is 0 Å². The first-order valence-electron chi connectivity index (χ1n) is 6.12. The van der Waals surface area contributed by atoms with Crippen molar-refractivity contribution in [2.24, 2.45) is 0 Å². The molecule has 8 heteroatoms. The van der Waals surface area contributed by atoms with Crippen LogP contribution in [-0.2, 0) is 14.8 Å². The van der Waals surface area contributed by atoms with Crippen LogP contribution in [-0.4, -0.2) is 36.5 Å². The van der Waals surface area contributed by atoms with Crippen molar-refractivity contribution in [3.8, 4) is 0 Å². The number of carboxylic acid groups (broad SMARTS) is 1. The lowest BCUT2D eigenvalue weighted by Crippen LogP contribution is -2.54. The molecule has 1 atom stereocenters. The summed E-state index contributed by atoms with van der Waals surface area (Å²) in [6.07, 6.45) is 1.68. The summed E-state index contributed by atoms with van der Waals surface area (Å²) in [6, 6.07) is 6.64. The molecule has 0 amide bonds. The molecule has 21 heavy (non-hydrogen) atoms. The fourth-order valence-electron chi connectivity index (χ4n) is 1.91. The third kappa shape index (κ3) is 4.23. The molecule has 0 bridgehead atoms. The first-order chi connectivity index (χ1) is 9.83. The molecule has 1 aliphatic rings. The van der Waals surface area contributed by atoms with Crippen molar-refractivity contribution in [2.75, 3.05) is 11.5 Å². The zero-order valence-corrected chi connectivity index (χ0v) is 13.3. The number of carbonyl (C=O) groups is 1. The van der Waals surface area contributed by atoms with Gasteiger partial charge in [-0.25, -0.2) is 8.42 Å². The number of hydrogen-bond acceptors (Lipinski definition) is 4. The standard InChI is InChI=1S/C13H14ClNO4S2/c14-11-3-1-10(2-4-11)5-8-21(18,19)15-13(12(16)17)6-7-20-9-13/h1-5,8,15H,6-7,9H2,(H,16,17). The van der Waals surface area contributed by atoms with Gasteiger partial charge < -0.3 is 5.11 Å². The minimum Gasteiger partial charge on any atom is -0.480 e. The number of rotatable bonds is 5. The molecular formula is C13H14ClNO4S2. The van der Waals surface area contributed by atoms with Gasteiger partial charge in [0.05, 0.1) is 0 Å². The van der Waals surface area contributed by atoms with Crippen LogP contribution >= 0.6 is 23.4 Å². The van der Waals surface area contributed by atoms with Crippen molar-refractivity contribution in [3.63, 3.8) is 0 Å². The summed E-state index contributed by atoms with van der Waals surface area (Å²) >= 11 is 7.17. The Balaban J connectivity index is 2.14. The van der Waals surface area contributed by atoms with E-state index in [4.69, 9.17) is 11.6 Å². The van der Waals surface area contributed by atoms with E-state index in [1.807, 2.05) is 0 Å². The summed E-state index contributed by atoms with van der Waals surface area (Å²) in [6.45, 7) is 0. The van der Waals surface area contributed by atoms with Gasteiger partial charge in [0.15, 0.2) is 0 Å². The summed E-state index contributed by atoms with van der Waals surface area (Å²) in [7, 11) is -3.83. The minimum atomic E-state index is -3.83. The van der Waals surface area contributed by atoms with E-state index in [2.05, 4.69) is 4.72 Å². The molecule has 0 spiro atoms. The second-order valence-electron chi connectivity index (χ2n) is 4.69. The summed E-state index contributed by atoms with van der Waals surface area (Å²) in [5, 5.41) is 10.8. The summed E-state index contributed by atoms with van der Waals surface area (Å²) in [4.78, 5) is 11.3. The number of aliphatic carboxylic acids is 1. The van der Waals surface area contributed by atoms with E-state index in [1.165, 1.54) is 17.8 Å². The lowest BCUT2D eigenvalue weighted by molar-refractivity contribution is -0.142. The Morgan fingerprint density at radius 3 is 2.57 bits per heavy atom. The van der Waals surface area contributed by atoms with Crippen LogP contribution in [0.5, 0.6) is 0 Å². The zero-order valence-electron chi connectivity index (χ0n) is 11.0. The van der Waals surface area contributed by atoms with E-state index >= 15 is 0 Å². The van der Waals surface area contributed by atoms with Crippen LogP contribution in [0.2, 0.25) is 5.02 Å². The van der Waals surface area contributed by atoms with E-state index in [0.29, 0.717) is 16.3 Å². The molecule has 1 saturated heterocycles. The predicted octanol–water partition coefficient (Wildman–Crippen LogP) is 2.19.